The zero-order chi connectivity index (χ0) is 10.2. The molecule has 1 rings (SSSR count). The van der Waals surface area contributed by atoms with Gasteiger partial charge in [-0.25, -0.2) is 4.98 Å². The van der Waals surface area contributed by atoms with Crippen molar-refractivity contribution in [3.05, 3.63) is 18.3 Å². The Morgan fingerprint density at radius 2 is 2.21 bits per heavy atom. The molecule has 3 N–H and O–H groups in total. The van der Waals surface area contributed by atoms with Crippen LogP contribution < -0.4 is 5.73 Å². The van der Waals surface area contributed by atoms with Gasteiger partial charge in [0.25, 0.3) is 0 Å². The van der Waals surface area contributed by atoms with Crippen molar-refractivity contribution in [3.63, 3.8) is 0 Å². The molecular weight excluding hydrogens is 196 g/mol. The van der Waals surface area contributed by atoms with Gasteiger partial charge in [0.1, 0.15) is 5.03 Å². The highest BCUT2D eigenvalue weighted by Gasteiger charge is 1.99. The SMILES string of the molecule is Nc1cccnc1SCCCCCO. The van der Waals surface area contributed by atoms with Gasteiger partial charge in [0, 0.05) is 12.8 Å². The molecule has 0 aliphatic heterocycles. The topological polar surface area (TPSA) is 59.1 Å². The van der Waals surface area contributed by atoms with Crippen molar-refractivity contribution >= 4 is 17.4 Å². The van der Waals surface area contributed by atoms with Gasteiger partial charge in [0.2, 0.25) is 0 Å². The molecule has 3 nitrogen and oxygen atoms in total. The minimum absolute atomic E-state index is 0.288. The monoisotopic (exact) mass is 212 g/mol. The van der Waals surface area contributed by atoms with E-state index in [9.17, 15) is 0 Å². The van der Waals surface area contributed by atoms with E-state index in [2.05, 4.69) is 4.98 Å². The highest BCUT2D eigenvalue weighted by Crippen LogP contribution is 2.22. The molecule has 14 heavy (non-hydrogen) atoms. The minimum Gasteiger partial charge on any atom is -0.397 e. The number of nitrogen functional groups attached to an aromatic ring is 1. The maximum absolute atomic E-state index is 8.59. The predicted molar refractivity (Wildman–Crippen MR) is 60.3 cm³/mol. The molecule has 0 fully saturated rings. The Balaban J connectivity index is 2.21. The van der Waals surface area contributed by atoms with Crippen LogP contribution in [0.25, 0.3) is 0 Å². The number of aromatic nitrogens is 1. The number of pyridine rings is 1. The van der Waals surface area contributed by atoms with Crippen LogP contribution in [0.1, 0.15) is 19.3 Å². The Hall–Kier alpha value is -0.740. The molecule has 0 bridgehead atoms. The van der Waals surface area contributed by atoms with Crippen LogP contribution in [0, 0.1) is 0 Å². The fourth-order valence-electron chi connectivity index (χ4n) is 1.08. The van der Waals surface area contributed by atoms with Crippen molar-refractivity contribution in [2.75, 3.05) is 18.1 Å². The Morgan fingerprint density at radius 1 is 1.36 bits per heavy atom. The molecule has 1 aromatic heterocycles. The Labute approximate surface area is 88.7 Å². The normalized spacial score (nSPS) is 10.4. The molecule has 0 atom stereocenters. The minimum atomic E-state index is 0.288. The van der Waals surface area contributed by atoms with Crippen LogP contribution in [0.2, 0.25) is 0 Å². The zero-order valence-electron chi connectivity index (χ0n) is 8.15. The van der Waals surface area contributed by atoms with Crippen LogP contribution in [0.5, 0.6) is 0 Å². The summed E-state index contributed by atoms with van der Waals surface area (Å²) in [6.45, 7) is 0.288. The fraction of sp³-hybridized carbons (Fsp3) is 0.500. The summed E-state index contributed by atoms with van der Waals surface area (Å²) in [5.74, 6) is 1.02. The van der Waals surface area contributed by atoms with E-state index in [1.807, 2.05) is 12.1 Å². The quantitative estimate of drug-likeness (QED) is 0.558. The number of thioether (sulfide) groups is 1. The maximum Gasteiger partial charge on any atom is 0.119 e. The van der Waals surface area contributed by atoms with Gasteiger partial charge in [-0.2, -0.15) is 0 Å². The third-order valence-electron chi connectivity index (χ3n) is 1.84. The lowest BCUT2D eigenvalue weighted by Gasteiger charge is -2.02. The average Bonchev–Trinajstić information content (AvgIpc) is 2.20. The van der Waals surface area contributed by atoms with Crippen LogP contribution >= 0.6 is 11.8 Å². The first kappa shape index (κ1) is 11.3. The van der Waals surface area contributed by atoms with Crippen LogP contribution in [0.3, 0.4) is 0 Å². The number of anilines is 1. The summed E-state index contributed by atoms with van der Waals surface area (Å²) in [5, 5.41) is 9.50. The highest BCUT2D eigenvalue weighted by atomic mass is 32.2. The number of hydrogen-bond acceptors (Lipinski definition) is 4. The second-order valence-corrected chi connectivity index (χ2v) is 4.11. The molecule has 0 aromatic carbocycles. The van der Waals surface area contributed by atoms with Gasteiger partial charge in [0.05, 0.1) is 5.69 Å². The summed E-state index contributed by atoms with van der Waals surface area (Å²) in [5.41, 5.74) is 6.49. The van der Waals surface area contributed by atoms with Gasteiger partial charge in [-0.15, -0.1) is 11.8 Å². The predicted octanol–water partition coefficient (Wildman–Crippen LogP) is 1.92. The lowest BCUT2D eigenvalue weighted by Crippen LogP contribution is -1.92. The molecular formula is C10H16N2OS. The summed E-state index contributed by atoms with van der Waals surface area (Å²) < 4.78 is 0. The van der Waals surface area contributed by atoms with Gasteiger partial charge < -0.3 is 10.8 Å². The summed E-state index contributed by atoms with van der Waals surface area (Å²) in [4.78, 5) is 4.18. The first-order chi connectivity index (χ1) is 6.84. The van der Waals surface area contributed by atoms with Gasteiger partial charge in [0.15, 0.2) is 0 Å². The first-order valence-electron chi connectivity index (χ1n) is 4.78. The number of nitrogens with zero attached hydrogens (tertiary/aromatic N) is 1. The fourth-order valence-corrected chi connectivity index (χ4v) is 2.00. The molecule has 0 spiro atoms. The van der Waals surface area contributed by atoms with Crippen molar-refractivity contribution in [2.24, 2.45) is 0 Å². The van der Waals surface area contributed by atoms with Crippen molar-refractivity contribution in [3.8, 4) is 0 Å². The average molecular weight is 212 g/mol. The number of hydrogen-bond donors (Lipinski definition) is 2. The second kappa shape index (κ2) is 6.68. The lowest BCUT2D eigenvalue weighted by atomic mass is 10.3. The number of aliphatic hydroxyl groups excluding tert-OH is 1. The molecule has 0 aliphatic carbocycles. The molecule has 0 saturated heterocycles. The van der Waals surface area contributed by atoms with E-state index in [0.717, 1.165) is 35.7 Å². The summed E-state index contributed by atoms with van der Waals surface area (Å²) in [7, 11) is 0. The summed E-state index contributed by atoms with van der Waals surface area (Å²) in [6, 6.07) is 3.70. The standard InChI is InChI=1S/C10H16N2OS/c11-9-5-4-6-12-10(9)14-8-3-1-2-7-13/h4-6,13H,1-3,7-8,11H2. The smallest absolute Gasteiger partial charge is 0.119 e. The lowest BCUT2D eigenvalue weighted by molar-refractivity contribution is 0.284. The molecule has 0 radical (unpaired) electrons. The first-order valence-corrected chi connectivity index (χ1v) is 5.77. The van der Waals surface area contributed by atoms with Gasteiger partial charge >= 0.3 is 0 Å². The molecule has 0 amide bonds. The van der Waals surface area contributed by atoms with E-state index in [1.165, 1.54) is 0 Å². The molecule has 4 heteroatoms. The van der Waals surface area contributed by atoms with E-state index >= 15 is 0 Å². The van der Waals surface area contributed by atoms with Gasteiger partial charge in [-0.3, -0.25) is 0 Å². The van der Waals surface area contributed by atoms with E-state index in [-0.39, 0.29) is 6.61 Å². The van der Waals surface area contributed by atoms with Crippen LogP contribution in [0.15, 0.2) is 23.4 Å². The van der Waals surface area contributed by atoms with Crippen molar-refractivity contribution in [2.45, 2.75) is 24.3 Å². The summed E-state index contributed by atoms with van der Waals surface area (Å²) in [6.07, 6.45) is 4.81. The van der Waals surface area contributed by atoms with Crippen LogP contribution in [0.4, 0.5) is 5.69 Å². The van der Waals surface area contributed by atoms with Crippen molar-refractivity contribution < 1.29 is 5.11 Å². The van der Waals surface area contributed by atoms with Gasteiger partial charge in [-0.05, 0) is 30.7 Å². The maximum atomic E-state index is 8.59. The van der Waals surface area contributed by atoms with Crippen LogP contribution in [-0.4, -0.2) is 22.5 Å². The zero-order valence-corrected chi connectivity index (χ0v) is 8.96. The van der Waals surface area contributed by atoms with Crippen LogP contribution in [-0.2, 0) is 0 Å². The molecule has 78 valence electrons. The Kier molecular flexibility index (Phi) is 5.40. The molecule has 0 unspecified atom stereocenters. The molecule has 0 aliphatic rings. The number of aliphatic hydroxyl groups is 1. The summed E-state index contributed by atoms with van der Waals surface area (Å²) >= 11 is 1.68. The van der Waals surface area contributed by atoms with Crippen molar-refractivity contribution in [1.29, 1.82) is 0 Å². The second-order valence-electron chi connectivity index (χ2n) is 3.03. The molecule has 0 saturated carbocycles. The number of rotatable bonds is 6. The third-order valence-corrected chi connectivity index (χ3v) is 2.95. The van der Waals surface area contributed by atoms with Gasteiger partial charge in [-0.1, -0.05) is 6.42 Å². The van der Waals surface area contributed by atoms with E-state index in [0.29, 0.717) is 0 Å². The third kappa shape index (κ3) is 3.98. The highest BCUT2D eigenvalue weighted by molar-refractivity contribution is 7.99. The largest absolute Gasteiger partial charge is 0.397 e. The van der Waals surface area contributed by atoms with E-state index in [4.69, 9.17) is 10.8 Å². The Morgan fingerprint density at radius 3 is 2.93 bits per heavy atom. The number of unbranched alkanes of at least 4 members (excludes halogenated alkanes) is 2. The molecule has 1 aromatic rings. The molecule has 1 heterocycles. The number of nitrogens with two attached hydrogens (primary N) is 1. The van der Waals surface area contributed by atoms with Crippen molar-refractivity contribution in [1.82, 2.24) is 4.98 Å². The van der Waals surface area contributed by atoms with E-state index in [1.54, 1.807) is 18.0 Å². The Bertz CT molecular complexity index is 268. The van der Waals surface area contributed by atoms with E-state index < -0.39 is 0 Å².